The molecule has 0 saturated heterocycles. The van der Waals surface area contributed by atoms with Crippen molar-refractivity contribution in [3.05, 3.63) is 83.0 Å². The maximum absolute atomic E-state index is 12.7. The minimum absolute atomic E-state index is 0. The van der Waals surface area contributed by atoms with E-state index in [1.807, 2.05) is 63.3 Å². The van der Waals surface area contributed by atoms with E-state index in [0.29, 0.717) is 18.7 Å². The number of nitrogens with zero attached hydrogens (tertiary/aromatic N) is 2. The van der Waals surface area contributed by atoms with Gasteiger partial charge in [0, 0.05) is 11.8 Å². The minimum Gasteiger partial charge on any atom is -0.443 e. The summed E-state index contributed by atoms with van der Waals surface area (Å²) in [5.74, 6) is 0. The standard InChI is InChI=1S/C18H21NO3.C13H16BNO4.C5H7BrO.CH4/c1-18(2,3)22-17(20)19-15-7-5-4-6-14(15)12-16(19)13-8-10-21-11-9-13;1-13(2,3)19-12(16)15-10-7-5-4-6-9(10)8-11(15)14(17)18;6-5-1-3-7-4-2-5;/h4-8,12H,9-11H2,1-3H3;4-8,17-18H,1-3H3;1H,2-4H2;1H4. The number of hydrogen-bond donors (Lipinski definition) is 2. The van der Waals surface area contributed by atoms with Crippen molar-refractivity contribution in [2.45, 2.75) is 73.0 Å². The molecule has 0 unspecified atom stereocenters. The second-order valence-corrected chi connectivity index (χ2v) is 14.3. The van der Waals surface area contributed by atoms with Crippen LogP contribution in [0.3, 0.4) is 0 Å². The quantitative estimate of drug-likeness (QED) is 0.201. The molecule has 2 N–H and O–H groups in total. The van der Waals surface area contributed by atoms with Crippen LogP contribution in [0.4, 0.5) is 9.59 Å². The van der Waals surface area contributed by atoms with Gasteiger partial charge >= 0.3 is 19.3 Å². The molecule has 0 fully saturated rings. The predicted octanol–water partition coefficient (Wildman–Crippen LogP) is 7.65. The lowest BCUT2D eigenvalue weighted by molar-refractivity contribution is 0.0533. The van der Waals surface area contributed by atoms with Gasteiger partial charge in [-0.15, -0.1) is 0 Å². The molecule has 6 rings (SSSR count). The van der Waals surface area contributed by atoms with E-state index in [9.17, 15) is 19.6 Å². The van der Waals surface area contributed by atoms with Crippen LogP contribution < -0.4 is 5.59 Å². The smallest absolute Gasteiger partial charge is 0.443 e. The molecule has 0 radical (unpaired) electrons. The first-order valence-corrected chi connectivity index (χ1v) is 16.7. The molecule has 12 heteroatoms. The van der Waals surface area contributed by atoms with Crippen LogP contribution in [0.2, 0.25) is 0 Å². The van der Waals surface area contributed by atoms with Gasteiger partial charge in [-0.3, -0.25) is 4.57 Å². The van der Waals surface area contributed by atoms with E-state index in [2.05, 4.69) is 22.0 Å². The number of ether oxygens (including phenoxy) is 4. The Bertz CT molecular complexity index is 1790. The molecule has 0 aliphatic carbocycles. The van der Waals surface area contributed by atoms with Crippen LogP contribution in [0, 0.1) is 0 Å². The Morgan fingerprint density at radius 2 is 1.24 bits per heavy atom. The molecule has 0 atom stereocenters. The Hall–Kier alpha value is -3.68. The van der Waals surface area contributed by atoms with Crippen molar-refractivity contribution < 1.29 is 38.6 Å². The van der Waals surface area contributed by atoms with Gasteiger partial charge in [0.15, 0.2) is 0 Å². The second-order valence-electron chi connectivity index (χ2n) is 13.3. The predicted molar refractivity (Wildman–Crippen MR) is 200 cm³/mol. The SMILES string of the molecule is BrC1=CCOCC1.C.CC(C)(C)OC(=O)n1c(B(O)O)cc2ccccc21.CC(C)(C)OC(=O)n1c(C2=CCOCC2)cc2ccccc21. The van der Waals surface area contributed by atoms with Gasteiger partial charge in [0.2, 0.25) is 0 Å². The highest BCUT2D eigenvalue weighted by Gasteiger charge is 2.27. The molecule has 0 saturated carbocycles. The fourth-order valence-corrected chi connectivity index (χ4v) is 5.33. The monoisotopic (exact) mass is 738 g/mol. The van der Waals surface area contributed by atoms with Gasteiger partial charge in [-0.2, -0.15) is 0 Å². The highest BCUT2D eigenvalue weighted by Crippen LogP contribution is 2.29. The zero-order valence-electron chi connectivity index (χ0n) is 28.4. The lowest BCUT2D eigenvalue weighted by Gasteiger charge is -2.22. The average Bonchev–Trinajstić information content (AvgIpc) is 3.61. The van der Waals surface area contributed by atoms with E-state index in [0.717, 1.165) is 53.6 Å². The highest BCUT2D eigenvalue weighted by atomic mass is 79.9. The zero-order valence-corrected chi connectivity index (χ0v) is 30.0. The summed E-state index contributed by atoms with van der Waals surface area (Å²) in [4.78, 5) is 24.9. The fraction of sp³-hybridized carbons (Fsp3) is 0.405. The van der Waals surface area contributed by atoms with Crippen LogP contribution >= 0.6 is 15.9 Å². The van der Waals surface area contributed by atoms with Crippen molar-refractivity contribution >= 4 is 68.2 Å². The molecule has 4 aromatic rings. The average molecular weight is 740 g/mol. The van der Waals surface area contributed by atoms with E-state index in [1.54, 1.807) is 49.6 Å². The van der Waals surface area contributed by atoms with E-state index < -0.39 is 24.4 Å². The Morgan fingerprint density at radius 3 is 1.69 bits per heavy atom. The largest absolute Gasteiger partial charge is 0.506 e. The summed E-state index contributed by atoms with van der Waals surface area (Å²) in [5.41, 5.74) is 2.41. The van der Waals surface area contributed by atoms with Crippen LogP contribution in [0.15, 0.2) is 77.3 Å². The summed E-state index contributed by atoms with van der Waals surface area (Å²) in [6, 6.07) is 18.6. The van der Waals surface area contributed by atoms with Crippen molar-refractivity contribution in [3.63, 3.8) is 0 Å². The molecule has 49 heavy (non-hydrogen) atoms. The molecule has 0 spiro atoms. The lowest BCUT2D eigenvalue weighted by Crippen LogP contribution is -2.40. The number of para-hydroxylation sites is 2. The molecule has 0 amide bonds. The molecule has 4 heterocycles. The van der Waals surface area contributed by atoms with E-state index >= 15 is 0 Å². The van der Waals surface area contributed by atoms with Crippen LogP contribution in [0.25, 0.3) is 27.4 Å². The number of fused-ring (bicyclic) bond motifs is 2. The van der Waals surface area contributed by atoms with Crippen LogP contribution in [0.1, 0.15) is 67.5 Å². The summed E-state index contributed by atoms with van der Waals surface area (Å²) in [6.07, 6.45) is 4.97. The number of rotatable bonds is 2. The number of halogens is 1. The van der Waals surface area contributed by atoms with Crippen molar-refractivity contribution in [1.82, 2.24) is 9.13 Å². The molecule has 0 bridgehead atoms. The third-order valence-electron chi connectivity index (χ3n) is 7.07. The molecule has 2 aromatic heterocycles. The first kappa shape index (κ1) is 39.8. The molecule has 2 aliphatic rings. The summed E-state index contributed by atoms with van der Waals surface area (Å²) >= 11 is 3.37. The lowest BCUT2D eigenvalue weighted by atomic mass is 9.86. The summed E-state index contributed by atoms with van der Waals surface area (Å²) in [5, 5.41) is 20.5. The third-order valence-corrected chi connectivity index (χ3v) is 7.79. The van der Waals surface area contributed by atoms with Gasteiger partial charge in [-0.1, -0.05) is 65.8 Å². The number of aromatic nitrogens is 2. The van der Waals surface area contributed by atoms with Gasteiger partial charge in [0.1, 0.15) is 11.2 Å². The Labute approximate surface area is 297 Å². The van der Waals surface area contributed by atoms with Crippen molar-refractivity contribution in [2.75, 3.05) is 26.4 Å². The second kappa shape index (κ2) is 17.3. The molecular formula is C37H48BBrN2O8. The van der Waals surface area contributed by atoms with E-state index in [1.165, 1.54) is 9.05 Å². The van der Waals surface area contributed by atoms with Crippen molar-refractivity contribution in [3.8, 4) is 0 Å². The van der Waals surface area contributed by atoms with E-state index in [4.69, 9.17) is 18.9 Å². The summed E-state index contributed by atoms with van der Waals surface area (Å²) in [7, 11) is -1.74. The molecule has 2 aromatic carbocycles. The normalized spacial score (nSPS) is 14.6. The van der Waals surface area contributed by atoms with Crippen LogP contribution in [0.5, 0.6) is 0 Å². The van der Waals surface area contributed by atoms with E-state index in [-0.39, 0.29) is 19.1 Å². The topological polar surface area (TPSA) is 121 Å². The van der Waals surface area contributed by atoms with Gasteiger partial charge < -0.3 is 29.0 Å². The minimum atomic E-state index is -1.74. The number of benzene rings is 2. The maximum Gasteiger partial charge on any atom is 0.506 e. The Kier molecular flexibility index (Phi) is 14.0. The van der Waals surface area contributed by atoms with Crippen molar-refractivity contribution in [1.29, 1.82) is 0 Å². The van der Waals surface area contributed by atoms with Gasteiger partial charge in [-0.25, -0.2) is 14.2 Å². The number of carbonyl (C=O) groups excluding carboxylic acids is 2. The summed E-state index contributed by atoms with van der Waals surface area (Å²) < 4.78 is 25.4. The molecule has 2 aliphatic heterocycles. The highest BCUT2D eigenvalue weighted by molar-refractivity contribution is 9.11. The molecular weight excluding hydrogens is 691 g/mol. The first-order chi connectivity index (χ1) is 22.6. The fourth-order valence-electron chi connectivity index (χ4n) is 5.04. The Balaban J connectivity index is 0.000000220. The number of hydrogen-bond acceptors (Lipinski definition) is 8. The van der Waals surface area contributed by atoms with Gasteiger partial charge in [0.05, 0.1) is 48.7 Å². The van der Waals surface area contributed by atoms with Crippen LogP contribution in [-0.2, 0) is 18.9 Å². The number of carbonyl (C=O) groups is 2. The maximum atomic E-state index is 12.7. The van der Waals surface area contributed by atoms with Gasteiger partial charge in [-0.05, 0) is 93.7 Å². The first-order valence-electron chi connectivity index (χ1n) is 15.9. The zero-order chi connectivity index (χ0) is 35.1. The molecule has 10 nitrogen and oxygen atoms in total. The van der Waals surface area contributed by atoms with Crippen LogP contribution in [-0.4, -0.2) is 76.1 Å². The van der Waals surface area contributed by atoms with Gasteiger partial charge in [0.25, 0.3) is 0 Å². The Morgan fingerprint density at radius 1 is 0.755 bits per heavy atom. The molecule has 264 valence electrons. The third kappa shape index (κ3) is 11.2. The summed E-state index contributed by atoms with van der Waals surface area (Å²) in [6.45, 7) is 13.8. The van der Waals surface area contributed by atoms with Crippen molar-refractivity contribution in [2.24, 2.45) is 0 Å².